The molecule has 0 aliphatic heterocycles. The predicted octanol–water partition coefficient (Wildman–Crippen LogP) is 12.8. The van der Waals surface area contributed by atoms with E-state index in [-0.39, 0.29) is 12.3 Å². The van der Waals surface area contributed by atoms with Crippen molar-refractivity contribution in [3.63, 3.8) is 0 Å². The van der Waals surface area contributed by atoms with E-state index in [1.807, 2.05) is 66.7 Å². The first kappa shape index (κ1) is 33.4. The van der Waals surface area contributed by atoms with Crippen LogP contribution in [0.1, 0.15) is 29.0 Å². The quantitative estimate of drug-likeness (QED) is 0.128. The largest absolute Gasteiger partial charge is 0.456 e. The highest BCUT2D eigenvalue weighted by Crippen LogP contribution is 2.44. The fraction of sp³-hybridized carbons (Fsp3) is 0.0588. The fourth-order valence-electron chi connectivity index (χ4n) is 8.49. The lowest BCUT2D eigenvalue weighted by atomic mass is 9.97. The summed E-state index contributed by atoms with van der Waals surface area (Å²) < 4.78 is 19.9. The molecule has 0 amide bonds. The van der Waals surface area contributed by atoms with Gasteiger partial charge < -0.3 is 19.0 Å². The number of nitrogens with two attached hydrogens (primary N) is 1. The lowest BCUT2D eigenvalue weighted by molar-refractivity contribution is 0.385. The molecule has 0 saturated carbocycles. The zero-order chi connectivity index (χ0) is 37.9. The molecule has 0 radical (unpaired) electrons. The summed E-state index contributed by atoms with van der Waals surface area (Å²) in [5.74, 6) is 0. The number of nitrogens with one attached hydrogen (secondary N) is 2. The zero-order valence-corrected chi connectivity index (χ0v) is 30.9. The van der Waals surface area contributed by atoms with E-state index in [2.05, 4.69) is 120 Å². The van der Waals surface area contributed by atoms with Crippen LogP contribution in [0.15, 0.2) is 189 Å². The smallest absolute Gasteiger partial charge is 0.143 e. The van der Waals surface area contributed by atoms with Gasteiger partial charge in [-0.25, -0.2) is 0 Å². The molecule has 3 heterocycles. The fourth-order valence-corrected chi connectivity index (χ4v) is 8.49. The second kappa shape index (κ2) is 13.7. The molecule has 0 saturated heterocycles. The van der Waals surface area contributed by atoms with Crippen LogP contribution < -0.4 is 16.4 Å². The Morgan fingerprint density at radius 1 is 0.439 bits per heavy atom. The number of benzene rings is 8. The molecule has 6 heteroatoms. The van der Waals surface area contributed by atoms with Gasteiger partial charge in [-0.2, -0.15) is 0 Å². The topological polar surface area (TPSA) is 89.5 Å². The van der Waals surface area contributed by atoms with Gasteiger partial charge in [-0.05, 0) is 46.5 Å². The van der Waals surface area contributed by atoms with Crippen LogP contribution >= 0.6 is 0 Å². The van der Waals surface area contributed by atoms with Gasteiger partial charge in [-0.15, -0.1) is 0 Å². The normalized spacial score (nSPS) is 13.1. The van der Waals surface area contributed by atoms with Crippen LogP contribution in [0.5, 0.6) is 0 Å². The Bertz CT molecular complexity index is 3250. The van der Waals surface area contributed by atoms with Gasteiger partial charge in [0.25, 0.3) is 0 Å². The average Bonchev–Trinajstić information content (AvgIpc) is 3.97. The Kier molecular flexibility index (Phi) is 8.00. The summed E-state index contributed by atoms with van der Waals surface area (Å²) in [4.78, 5) is 0. The standard InChI is InChI=1S/C51H37N3O3/c52-50(31-13-3-1-4-14-31)54-51(32-15-5-2-6-16-32)53-30-34-17-9-21-38-36-28-27-33(29-45(36)56-47(34)38)35-19-10-23-40-41-24-11-22-39(49(41)57-48(35)40)37-20-12-26-44-46(37)42-18-7-8-25-43(42)55-44/h1-29,50-51,53-54H,30,52H2. The summed E-state index contributed by atoms with van der Waals surface area (Å²) in [5.41, 5.74) is 19.1. The third-order valence-electron chi connectivity index (χ3n) is 11.2. The van der Waals surface area contributed by atoms with E-state index in [1.54, 1.807) is 0 Å². The van der Waals surface area contributed by atoms with Gasteiger partial charge in [0, 0.05) is 55.6 Å². The third-order valence-corrected chi connectivity index (χ3v) is 11.2. The zero-order valence-electron chi connectivity index (χ0n) is 30.9. The summed E-state index contributed by atoms with van der Waals surface area (Å²) in [6.45, 7) is 0.570. The van der Waals surface area contributed by atoms with Crippen LogP contribution in [0.2, 0.25) is 0 Å². The molecule has 2 atom stereocenters. The predicted molar refractivity (Wildman–Crippen MR) is 232 cm³/mol. The van der Waals surface area contributed by atoms with Crippen molar-refractivity contribution in [1.29, 1.82) is 0 Å². The van der Waals surface area contributed by atoms with Gasteiger partial charge in [0.2, 0.25) is 0 Å². The highest BCUT2D eigenvalue weighted by atomic mass is 16.3. The Hall–Kier alpha value is -6.96. The summed E-state index contributed by atoms with van der Waals surface area (Å²) >= 11 is 0. The summed E-state index contributed by atoms with van der Waals surface area (Å²) in [5, 5.41) is 13.8. The minimum atomic E-state index is -0.349. The van der Waals surface area contributed by atoms with E-state index in [1.165, 1.54) is 0 Å². The van der Waals surface area contributed by atoms with E-state index < -0.39 is 0 Å². The number of hydrogen-bond donors (Lipinski definition) is 3. The lowest BCUT2D eigenvalue weighted by Crippen LogP contribution is -2.39. The van der Waals surface area contributed by atoms with Gasteiger partial charge in [0.05, 0.1) is 12.3 Å². The molecule has 0 fully saturated rings. The van der Waals surface area contributed by atoms with Crippen molar-refractivity contribution < 1.29 is 13.3 Å². The van der Waals surface area contributed by atoms with Crippen molar-refractivity contribution in [1.82, 2.24) is 10.6 Å². The molecule has 3 aromatic heterocycles. The second-order valence-corrected chi connectivity index (χ2v) is 14.6. The molecule has 8 aromatic carbocycles. The van der Waals surface area contributed by atoms with Gasteiger partial charge in [-0.3, -0.25) is 10.6 Å². The highest BCUT2D eigenvalue weighted by molar-refractivity contribution is 6.18. The van der Waals surface area contributed by atoms with Crippen LogP contribution in [0.4, 0.5) is 0 Å². The minimum Gasteiger partial charge on any atom is -0.456 e. The molecule has 0 bridgehead atoms. The average molecular weight is 740 g/mol. The minimum absolute atomic E-state index is 0.190. The van der Waals surface area contributed by atoms with Crippen molar-refractivity contribution in [2.75, 3.05) is 0 Å². The first-order valence-corrected chi connectivity index (χ1v) is 19.3. The number of rotatable bonds is 9. The van der Waals surface area contributed by atoms with E-state index in [9.17, 15) is 0 Å². The van der Waals surface area contributed by atoms with Crippen molar-refractivity contribution in [2.24, 2.45) is 5.73 Å². The van der Waals surface area contributed by atoms with Gasteiger partial charge >= 0.3 is 0 Å². The molecular weight excluding hydrogens is 703 g/mol. The van der Waals surface area contributed by atoms with Crippen LogP contribution in [-0.4, -0.2) is 0 Å². The first-order valence-electron chi connectivity index (χ1n) is 19.3. The van der Waals surface area contributed by atoms with Crippen LogP contribution in [0, 0.1) is 0 Å². The van der Waals surface area contributed by atoms with Gasteiger partial charge in [-0.1, -0.05) is 152 Å². The van der Waals surface area contributed by atoms with Gasteiger partial charge in [0.15, 0.2) is 0 Å². The SMILES string of the molecule is NC(NC(NCc1cccc2c1oc1cc(-c3cccc4c3oc3c(-c5cccc6oc7ccccc7c56)cccc34)ccc12)c1ccccc1)c1ccccc1. The molecule has 0 aliphatic rings. The van der Waals surface area contributed by atoms with E-state index >= 15 is 0 Å². The first-order chi connectivity index (χ1) is 28.2. The second-order valence-electron chi connectivity index (χ2n) is 14.6. The third kappa shape index (κ3) is 5.69. The van der Waals surface area contributed by atoms with Crippen LogP contribution in [0.3, 0.4) is 0 Å². The molecular formula is C51H37N3O3. The maximum atomic E-state index is 6.91. The number of furan rings is 3. The number of para-hydroxylation sites is 4. The Morgan fingerprint density at radius 3 is 1.86 bits per heavy atom. The van der Waals surface area contributed by atoms with E-state index in [0.717, 1.165) is 105 Å². The van der Waals surface area contributed by atoms with Crippen molar-refractivity contribution in [2.45, 2.75) is 18.9 Å². The molecule has 0 spiro atoms. The van der Waals surface area contributed by atoms with Gasteiger partial charge in [0.1, 0.15) is 33.5 Å². The summed E-state index contributed by atoms with van der Waals surface area (Å²) in [6, 6.07) is 60.5. The molecule has 0 aliphatic carbocycles. The lowest BCUT2D eigenvalue weighted by Gasteiger charge is -2.25. The summed E-state index contributed by atoms with van der Waals surface area (Å²) in [7, 11) is 0. The highest BCUT2D eigenvalue weighted by Gasteiger charge is 2.21. The Labute approximate surface area is 328 Å². The molecule has 6 nitrogen and oxygen atoms in total. The molecule has 2 unspecified atom stereocenters. The molecule has 57 heavy (non-hydrogen) atoms. The van der Waals surface area contributed by atoms with Crippen LogP contribution in [-0.2, 0) is 6.54 Å². The number of hydrogen-bond acceptors (Lipinski definition) is 6. The molecule has 11 rings (SSSR count). The summed E-state index contributed by atoms with van der Waals surface area (Å²) in [6.07, 6.45) is -0.539. The molecule has 11 aromatic rings. The Balaban J connectivity index is 0.961. The monoisotopic (exact) mass is 739 g/mol. The van der Waals surface area contributed by atoms with Crippen molar-refractivity contribution >= 4 is 65.8 Å². The van der Waals surface area contributed by atoms with E-state index in [0.29, 0.717) is 6.54 Å². The van der Waals surface area contributed by atoms with Crippen molar-refractivity contribution in [3.8, 4) is 22.3 Å². The van der Waals surface area contributed by atoms with Crippen molar-refractivity contribution in [3.05, 3.63) is 193 Å². The van der Waals surface area contributed by atoms with E-state index in [4.69, 9.17) is 19.0 Å². The maximum absolute atomic E-state index is 6.91. The maximum Gasteiger partial charge on any atom is 0.143 e. The molecule has 4 N–H and O–H groups in total. The Morgan fingerprint density at radius 2 is 1.05 bits per heavy atom. The number of fused-ring (bicyclic) bond motifs is 9. The molecule has 274 valence electrons. The van der Waals surface area contributed by atoms with Crippen LogP contribution in [0.25, 0.3) is 88.1 Å².